The van der Waals surface area contributed by atoms with Crippen molar-refractivity contribution in [2.75, 3.05) is 0 Å². The molecule has 0 spiro atoms. The van der Waals surface area contributed by atoms with Crippen LogP contribution in [0.25, 0.3) is 0 Å². The van der Waals surface area contributed by atoms with Gasteiger partial charge in [-0.05, 0) is 55.6 Å². The molecule has 4 heteroatoms. The molecule has 3 N–H and O–H groups in total. The van der Waals surface area contributed by atoms with Crippen LogP contribution in [-0.2, 0) is 11.2 Å². The molecule has 5 atom stereocenters. The summed E-state index contributed by atoms with van der Waals surface area (Å²) in [6.45, 7) is 4.20. The molecule has 2 fully saturated rings. The Bertz CT molecular complexity index is 514. The number of aryl methyl sites for hydroxylation is 1. The zero-order valence-electron chi connectivity index (χ0n) is 13.4. The highest BCUT2D eigenvalue weighted by atomic mass is 35.5. The molecule has 1 aromatic carbocycles. The second-order valence-corrected chi connectivity index (χ2v) is 6.76. The largest absolute Gasteiger partial charge is 0.349 e. The van der Waals surface area contributed by atoms with Crippen LogP contribution in [0.2, 0.25) is 0 Å². The van der Waals surface area contributed by atoms with Crippen molar-refractivity contribution >= 4 is 18.3 Å². The van der Waals surface area contributed by atoms with Gasteiger partial charge in [-0.25, -0.2) is 0 Å². The predicted octanol–water partition coefficient (Wildman–Crippen LogP) is 3.22. The molecule has 3 nitrogen and oxygen atoms in total. The molecule has 2 aliphatic rings. The zero-order chi connectivity index (χ0) is 15.0. The SMILES string of the molecule is CCc1ccc(C(C)NC(=O)C2C3CCC(C3)C2N)cc1.Cl. The van der Waals surface area contributed by atoms with Gasteiger partial charge in [0.2, 0.25) is 5.91 Å². The maximum Gasteiger partial charge on any atom is 0.225 e. The van der Waals surface area contributed by atoms with Crippen molar-refractivity contribution in [2.45, 2.75) is 51.6 Å². The molecule has 0 aromatic heterocycles. The molecular formula is C18H27ClN2O. The average molecular weight is 323 g/mol. The van der Waals surface area contributed by atoms with Gasteiger partial charge in [-0.1, -0.05) is 31.2 Å². The first-order valence-electron chi connectivity index (χ1n) is 8.25. The van der Waals surface area contributed by atoms with E-state index in [9.17, 15) is 4.79 Å². The summed E-state index contributed by atoms with van der Waals surface area (Å²) >= 11 is 0. The van der Waals surface area contributed by atoms with Gasteiger partial charge in [0, 0.05) is 6.04 Å². The molecule has 0 heterocycles. The molecule has 3 rings (SSSR count). The molecule has 1 aromatic rings. The Balaban J connectivity index is 0.00000176. The van der Waals surface area contributed by atoms with E-state index in [4.69, 9.17) is 5.73 Å². The number of nitrogens with one attached hydrogen (secondary N) is 1. The maximum absolute atomic E-state index is 12.6. The summed E-state index contributed by atoms with van der Waals surface area (Å²) in [5.41, 5.74) is 8.75. The lowest BCUT2D eigenvalue weighted by atomic mass is 9.84. The fourth-order valence-corrected chi connectivity index (χ4v) is 4.16. The van der Waals surface area contributed by atoms with Gasteiger partial charge in [0.15, 0.2) is 0 Å². The molecule has 0 aliphatic heterocycles. The summed E-state index contributed by atoms with van der Waals surface area (Å²) in [6.07, 6.45) is 4.58. The number of benzene rings is 1. The lowest BCUT2D eigenvalue weighted by Gasteiger charge is -2.28. The van der Waals surface area contributed by atoms with E-state index >= 15 is 0 Å². The number of halogens is 1. The van der Waals surface area contributed by atoms with E-state index in [1.165, 1.54) is 18.4 Å². The minimum Gasteiger partial charge on any atom is -0.349 e. The van der Waals surface area contributed by atoms with E-state index in [-0.39, 0.29) is 36.3 Å². The molecular weight excluding hydrogens is 296 g/mol. The van der Waals surface area contributed by atoms with Gasteiger partial charge in [-0.2, -0.15) is 0 Å². The van der Waals surface area contributed by atoms with Crippen molar-refractivity contribution in [2.24, 2.45) is 23.5 Å². The van der Waals surface area contributed by atoms with Crippen molar-refractivity contribution in [1.82, 2.24) is 5.32 Å². The smallest absolute Gasteiger partial charge is 0.225 e. The number of hydrogen-bond acceptors (Lipinski definition) is 2. The number of carbonyl (C=O) groups excluding carboxylic acids is 1. The van der Waals surface area contributed by atoms with Crippen LogP contribution >= 0.6 is 12.4 Å². The fraction of sp³-hybridized carbons (Fsp3) is 0.611. The highest BCUT2D eigenvalue weighted by molar-refractivity contribution is 5.85. The van der Waals surface area contributed by atoms with Gasteiger partial charge in [0.25, 0.3) is 0 Å². The Labute approximate surface area is 139 Å². The van der Waals surface area contributed by atoms with E-state index in [1.807, 2.05) is 0 Å². The zero-order valence-corrected chi connectivity index (χ0v) is 14.2. The Hall–Kier alpha value is -1.06. The van der Waals surface area contributed by atoms with Gasteiger partial charge in [0.05, 0.1) is 12.0 Å². The Morgan fingerprint density at radius 1 is 1.27 bits per heavy atom. The van der Waals surface area contributed by atoms with E-state index < -0.39 is 0 Å². The topological polar surface area (TPSA) is 55.1 Å². The standard InChI is InChI=1S/C18H26N2O.ClH/c1-3-12-4-6-13(7-5-12)11(2)20-18(21)16-14-8-9-15(10-14)17(16)19;/h4-7,11,14-17H,3,8-10,19H2,1-2H3,(H,20,21);1H. The third kappa shape index (κ3) is 3.16. The van der Waals surface area contributed by atoms with Crippen LogP contribution in [-0.4, -0.2) is 11.9 Å². The van der Waals surface area contributed by atoms with Crippen LogP contribution in [0.3, 0.4) is 0 Å². The van der Waals surface area contributed by atoms with Crippen molar-refractivity contribution in [3.63, 3.8) is 0 Å². The van der Waals surface area contributed by atoms with Crippen LogP contribution in [0.5, 0.6) is 0 Å². The van der Waals surface area contributed by atoms with E-state index in [1.54, 1.807) is 0 Å². The Kier molecular flexibility index (Phi) is 5.51. The molecule has 1 amide bonds. The number of amides is 1. The number of hydrogen-bond donors (Lipinski definition) is 2. The summed E-state index contributed by atoms with van der Waals surface area (Å²) in [7, 11) is 0. The van der Waals surface area contributed by atoms with Crippen molar-refractivity contribution in [1.29, 1.82) is 0 Å². The van der Waals surface area contributed by atoms with Crippen molar-refractivity contribution in [3.05, 3.63) is 35.4 Å². The average Bonchev–Trinajstić information content (AvgIpc) is 3.08. The molecule has 22 heavy (non-hydrogen) atoms. The Morgan fingerprint density at radius 3 is 2.45 bits per heavy atom. The van der Waals surface area contributed by atoms with Crippen LogP contribution in [0.1, 0.15) is 50.3 Å². The molecule has 2 aliphatic carbocycles. The second-order valence-electron chi connectivity index (χ2n) is 6.76. The summed E-state index contributed by atoms with van der Waals surface area (Å²) in [4.78, 5) is 12.6. The summed E-state index contributed by atoms with van der Waals surface area (Å²) in [6, 6.07) is 8.63. The molecule has 5 unspecified atom stereocenters. The minimum absolute atomic E-state index is 0. The molecule has 2 bridgehead atoms. The lowest BCUT2D eigenvalue weighted by Crippen LogP contribution is -2.45. The first kappa shape index (κ1) is 17.3. The monoisotopic (exact) mass is 322 g/mol. The highest BCUT2D eigenvalue weighted by Crippen LogP contribution is 2.47. The first-order chi connectivity index (χ1) is 10.1. The van der Waals surface area contributed by atoms with Gasteiger partial charge in [-0.3, -0.25) is 4.79 Å². The summed E-state index contributed by atoms with van der Waals surface area (Å²) < 4.78 is 0. The fourth-order valence-electron chi connectivity index (χ4n) is 4.16. The van der Waals surface area contributed by atoms with Gasteiger partial charge in [0.1, 0.15) is 0 Å². The van der Waals surface area contributed by atoms with Crippen LogP contribution in [0.15, 0.2) is 24.3 Å². The van der Waals surface area contributed by atoms with E-state index in [0.29, 0.717) is 11.8 Å². The second kappa shape index (κ2) is 7.01. The minimum atomic E-state index is 0. The Morgan fingerprint density at radius 2 is 1.91 bits per heavy atom. The molecule has 122 valence electrons. The van der Waals surface area contributed by atoms with Crippen LogP contribution in [0, 0.1) is 17.8 Å². The third-order valence-corrected chi connectivity index (χ3v) is 5.53. The van der Waals surface area contributed by atoms with Crippen molar-refractivity contribution in [3.8, 4) is 0 Å². The normalized spacial score (nSPS) is 30.7. The molecule has 0 saturated heterocycles. The molecule has 0 radical (unpaired) electrons. The van der Waals surface area contributed by atoms with Crippen molar-refractivity contribution < 1.29 is 4.79 Å². The van der Waals surface area contributed by atoms with Gasteiger partial charge >= 0.3 is 0 Å². The van der Waals surface area contributed by atoms with E-state index in [2.05, 4.69) is 43.4 Å². The number of carbonyl (C=O) groups is 1. The summed E-state index contributed by atoms with van der Waals surface area (Å²) in [5.74, 6) is 1.27. The lowest BCUT2D eigenvalue weighted by molar-refractivity contribution is -0.127. The first-order valence-corrected chi connectivity index (χ1v) is 8.25. The van der Waals surface area contributed by atoms with E-state index in [0.717, 1.165) is 18.4 Å². The molecule has 2 saturated carbocycles. The highest BCUT2D eigenvalue weighted by Gasteiger charge is 2.49. The number of rotatable bonds is 4. The predicted molar refractivity (Wildman–Crippen MR) is 91.9 cm³/mol. The van der Waals surface area contributed by atoms with Crippen LogP contribution < -0.4 is 11.1 Å². The van der Waals surface area contributed by atoms with Crippen LogP contribution in [0.4, 0.5) is 0 Å². The number of nitrogens with two attached hydrogens (primary N) is 1. The summed E-state index contributed by atoms with van der Waals surface area (Å²) in [5, 5.41) is 3.17. The van der Waals surface area contributed by atoms with Gasteiger partial charge < -0.3 is 11.1 Å². The number of fused-ring (bicyclic) bond motifs is 2. The van der Waals surface area contributed by atoms with Gasteiger partial charge in [-0.15, -0.1) is 12.4 Å². The quantitative estimate of drug-likeness (QED) is 0.894. The maximum atomic E-state index is 12.6. The third-order valence-electron chi connectivity index (χ3n) is 5.53.